The van der Waals surface area contributed by atoms with E-state index in [9.17, 15) is 0 Å². The van der Waals surface area contributed by atoms with Crippen molar-refractivity contribution in [3.63, 3.8) is 0 Å². The van der Waals surface area contributed by atoms with Gasteiger partial charge < -0.3 is 20.0 Å². The van der Waals surface area contributed by atoms with Crippen molar-refractivity contribution in [2.45, 2.75) is 13.3 Å². The predicted molar refractivity (Wildman–Crippen MR) is 79.5 cm³/mol. The third-order valence-corrected chi connectivity index (χ3v) is 3.02. The van der Waals surface area contributed by atoms with Crippen molar-refractivity contribution in [2.24, 2.45) is 0 Å². The molecule has 0 atom stereocenters. The molecule has 2 rings (SSSR count). The van der Waals surface area contributed by atoms with Crippen LogP contribution in [0.2, 0.25) is 0 Å². The average Bonchev–Trinajstić information content (AvgIpc) is 2.79. The number of para-hydroxylation sites is 1. The number of nitrogens with two attached hydrogens (primary N) is 1. The van der Waals surface area contributed by atoms with E-state index in [1.807, 2.05) is 18.2 Å². The summed E-state index contributed by atoms with van der Waals surface area (Å²) < 4.78 is 5.81. The molecule has 0 aliphatic rings. The molecule has 5 nitrogen and oxygen atoms in total. The molecule has 0 saturated heterocycles. The maximum Gasteiger partial charge on any atom is 0.298 e. The Hall–Kier alpha value is -1.75. The number of nitrogens with zero attached hydrogens (tertiary/aromatic N) is 3. The van der Waals surface area contributed by atoms with E-state index in [4.69, 9.17) is 10.2 Å². The van der Waals surface area contributed by atoms with E-state index >= 15 is 0 Å². The Morgan fingerprint density at radius 3 is 2.63 bits per heavy atom. The first-order chi connectivity index (χ1) is 9.11. The lowest BCUT2D eigenvalue weighted by molar-refractivity contribution is 0.406. The predicted octanol–water partition coefficient (Wildman–Crippen LogP) is 2.19. The van der Waals surface area contributed by atoms with Crippen molar-refractivity contribution in [1.29, 1.82) is 0 Å². The Morgan fingerprint density at radius 1 is 1.21 bits per heavy atom. The molecule has 0 fully saturated rings. The lowest BCUT2D eigenvalue weighted by Gasteiger charge is -2.21. The molecular formula is C14H22N4O. The summed E-state index contributed by atoms with van der Waals surface area (Å²) >= 11 is 0. The van der Waals surface area contributed by atoms with Gasteiger partial charge in [0.25, 0.3) is 6.01 Å². The van der Waals surface area contributed by atoms with Gasteiger partial charge >= 0.3 is 0 Å². The fourth-order valence-corrected chi connectivity index (χ4v) is 1.99. The first kappa shape index (κ1) is 13.7. The quantitative estimate of drug-likeness (QED) is 0.809. The van der Waals surface area contributed by atoms with Crippen LogP contribution in [0, 0.1) is 0 Å². The van der Waals surface area contributed by atoms with Gasteiger partial charge in [-0.05, 0) is 32.6 Å². The van der Waals surface area contributed by atoms with Crippen LogP contribution in [0.5, 0.6) is 0 Å². The molecule has 0 aliphatic heterocycles. The number of hydrogen-bond acceptors (Lipinski definition) is 5. The van der Waals surface area contributed by atoms with Crippen LogP contribution in [-0.4, -0.2) is 43.6 Å². The van der Waals surface area contributed by atoms with Crippen LogP contribution in [-0.2, 0) is 0 Å². The topological polar surface area (TPSA) is 58.5 Å². The Kier molecular flexibility index (Phi) is 4.27. The minimum atomic E-state index is 0.663. The van der Waals surface area contributed by atoms with Gasteiger partial charge in [-0.15, -0.1) is 0 Å². The summed E-state index contributed by atoms with van der Waals surface area (Å²) in [6.07, 6.45) is 1.06. The molecule has 0 aliphatic carbocycles. The molecular weight excluding hydrogens is 240 g/mol. The first-order valence-electron chi connectivity index (χ1n) is 6.66. The summed E-state index contributed by atoms with van der Waals surface area (Å²) in [6.45, 7) is 4.95. The fourth-order valence-electron chi connectivity index (χ4n) is 1.99. The molecule has 0 spiro atoms. The van der Waals surface area contributed by atoms with Gasteiger partial charge in [0.15, 0.2) is 5.58 Å². The molecule has 5 heteroatoms. The van der Waals surface area contributed by atoms with Crippen LogP contribution < -0.4 is 10.6 Å². The van der Waals surface area contributed by atoms with Gasteiger partial charge in [-0.2, -0.15) is 4.98 Å². The summed E-state index contributed by atoms with van der Waals surface area (Å²) in [5.74, 6) is 0. The number of anilines is 2. The zero-order valence-electron chi connectivity index (χ0n) is 11.9. The van der Waals surface area contributed by atoms with Crippen molar-refractivity contribution in [1.82, 2.24) is 9.88 Å². The molecule has 1 aromatic carbocycles. The van der Waals surface area contributed by atoms with Crippen LogP contribution in [0.15, 0.2) is 22.6 Å². The Morgan fingerprint density at radius 2 is 2.00 bits per heavy atom. The second-order valence-electron chi connectivity index (χ2n) is 4.98. The SMILES string of the molecule is CCCN(CCN(C)C)c1nc2c(N)cccc2o1. The van der Waals surface area contributed by atoms with Gasteiger partial charge in [0.05, 0.1) is 5.69 Å². The highest BCUT2D eigenvalue weighted by Gasteiger charge is 2.14. The average molecular weight is 262 g/mol. The van der Waals surface area contributed by atoms with Crippen LogP contribution in [0.25, 0.3) is 11.1 Å². The van der Waals surface area contributed by atoms with E-state index in [1.54, 1.807) is 0 Å². The molecule has 0 bridgehead atoms. The van der Waals surface area contributed by atoms with Gasteiger partial charge in [-0.25, -0.2) is 0 Å². The zero-order chi connectivity index (χ0) is 13.8. The number of likely N-dealkylation sites (N-methyl/N-ethyl adjacent to an activating group) is 1. The van der Waals surface area contributed by atoms with E-state index in [2.05, 4.69) is 35.8 Å². The van der Waals surface area contributed by atoms with E-state index < -0.39 is 0 Å². The second-order valence-corrected chi connectivity index (χ2v) is 4.98. The van der Waals surface area contributed by atoms with Crippen LogP contribution in [0.1, 0.15) is 13.3 Å². The summed E-state index contributed by atoms with van der Waals surface area (Å²) in [5.41, 5.74) is 8.08. The molecule has 0 unspecified atom stereocenters. The summed E-state index contributed by atoms with van der Waals surface area (Å²) in [4.78, 5) is 8.84. The van der Waals surface area contributed by atoms with E-state index in [1.165, 1.54) is 0 Å². The fraction of sp³-hybridized carbons (Fsp3) is 0.500. The number of rotatable bonds is 6. The third kappa shape index (κ3) is 3.17. The van der Waals surface area contributed by atoms with Crippen molar-refractivity contribution in [3.8, 4) is 0 Å². The molecule has 104 valence electrons. The molecule has 0 radical (unpaired) electrons. The largest absolute Gasteiger partial charge is 0.423 e. The van der Waals surface area contributed by atoms with E-state index in [-0.39, 0.29) is 0 Å². The molecule has 2 aromatic rings. The third-order valence-electron chi connectivity index (χ3n) is 3.02. The van der Waals surface area contributed by atoms with Crippen LogP contribution in [0.4, 0.5) is 11.7 Å². The first-order valence-corrected chi connectivity index (χ1v) is 6.66. The minimum absolute atomic E-state index is 0.663. The standard InChI is InChI=1S/C14H22N4O/c1-4-8-18(10-9-17(2)3)14-16-13-11(15)6-5-7-12(13)19-14/h5-7H,4,8-10,15H2,1-3H3. The molecule has 19 heavy (non-hydrogen) atoms. The number of aromatic nitrogens is 1. The number of oxazole rings is 1. The molecule has 0 amide bonds. The smallest absolute Gasteiger partial charge is 0.298 e. The zero-order valence-corrected chi connectivity index (χ0v) is 11.9. The van der Waals surface area contributed by atoms with Gasteiger partial charge in [0.1, 0.15) is 5.52 Å². The Bertz CT molecular complexity index is 535. The second kappa shape index (κ2) is 5.93. The molecule has 2 N–H and O–H groups in total. The lowest BCUT2D eigenvalue weighted by Crippen LogP contribution is -2.32. The Labute approximate surface area is 114 Å². The number of nitrogen functional groups attached to an aromatic ring is 1. The van der Waals surface area contributed by atoms with Crippen molar-refractivity contribution >= 4 is 22.8 Å². The van der Waals surface area contributed by atoms with E-state index in [0.29, 0.717) is 11.7 Å². The van der Waals surface area contributed by atoms with E-state index in [0.717, 1.165) is 37.2 Å². The molecule has 1 aromatic heterocycles. The maximum atomic E-state index is 5.92. The molecule has 0 saturated carbocycles. The van der Waals surface area contributed by atoms with Crippen molar-refractivity contribution in [2.75, 3.05) is 44.4 Å². The summed E-state index contributed by atoms with van der Waals surface area (Å²) in [7, 11) is 4.13. The highest BCUT2D eigenvalue weighted by Crippen LogP contribution is 2.25. The van der Waals surface area contributed by atoms with Gasteiger partial charge in [-0.3, -0.25) is 0 Å². The summed E-state index contributed by atoms with van der Waals surface area (Å²) in [6, 6.07) is 6.30. The number of fused-ring (bicyclic) bond motifs is 1. The summed E-state index contributed by atoms with van der Waals surface area (Å²) in [5, 5.41) is 0. The van der Waals surface area contributed by atoms with Gasteiger partial charge in [0, 0.05) is 19.6 Å². The van der Waals surface area contributed by atoms with Crippen molar-refractivity contribution < 1.29 is 4.42 Å². The van der Waals surface area contributed by atoms with Gasteiger partial charge in [0.2, 0.25) is 0 Å². The maximum absolute atomic E-state index is 5.92. The van der Waals surface area contributed by atoms with Crippen LogP contribution >= 0.6 is 0 Å². The van der Waals surface area contributed by atoms with Gasteiger partial charge in [-0.1, -0.05) is 13.0 Å². The monoisotopic (exact) mass is 262 g/mol. The highest BCUT2D eigenvalue weighted by molar-refractivity contribution is 5.86. The number of hydrogen-bond donors (Lipinski definition) is 1. The number of benzene rings is 1. The minimum Gasteiger partial charge on any atom is -0.423 e. The van der Waals surface area contributed by atoms with Crippen LogP contribution in [0.3, 0.4) is 0 Å². The Balaban J connectivity index is 2.25. The van der Waals surface area contributed by atoms with Crippen molar-refractivity contribution in [3.05, 3.63) is 18.2 Å². The highest BCUT2D eigenvalue weighted by atomic mass is 16.4. The normalized spacial score (nSPS) is 11.4. The molecule has 1 heterocycles. The lowest BCUT2D eigenvalue weighted by atomic mass is 10.3.